The van der Waals surface area contributed by atoms with Gasteiger partial charge in [-0.3, -0.25) is 14.5 Å². The van der Waals surface area contributed by atoms with Crippen LogP contribution in [0.1, 0.15) is 26.7 Å². The molecule has 20 heavy (non-hydrogen) atoms. The molecule has 0 radical (unpaired) electrons. The van der Waals surface area contributed by atoms with E-state index in [-0.39, 0.29) is 29.5 Å². The molecule has 1 fully saturated rings. The van der Waals surface area contributed by atoms with Crippen LogP contribution in [0.5, 0.6) is 0 Å². The van der Waals surface area contributed by atoms with Crippen LogP contribution in [0.3, 0.4) is 0 Å². The zero-order valence-corrected chi connectivity index (χ0v) is 11.5. The zero-order valence-electron chi connectivity index (χ0n) is 11.5. The van der Waals surface area contributed by atoms with E-state index < -0.39 is 0 Å². The molecule has 1 aliphatic heterocycles. The van der Waals surface area contributed by atoms with Crippen LogP contribution < -0.4 is 4.90 Å². The lowest BCUT2D eigenvalue weighted by atomic mass is 9.78. The molecule has 0 unspecified atom stereocenters. The van der Waals surface area contributed by atoms with Gasteiger partial charge in [0.15, 0.2) is 0 Å². The van der Waals surface area contributed by atoms with Crippen molar-refractivity contribution in [1.29, 1.82) is 0 Å². The van der Waals surface area contributed by atoms with E-state index in [4.69, 9.17) is 0 Å². The van der Waals surface area contributed by atoms with Gasteiger partial charge in [0.2, 0.25) is 11.8 Å². The number of amides is 2. The number of benzene rings is 1. The molecular formula is C16H16FNO2. The lowest BCUT2D eigenvalue weighted by molar-refractivity contribution is -0.122. The Labute approximate surface area is 117 Å². The molecule has 0 aromatic heterocycles. The first kappa shape index (κ1) is 13.0. The second kappa shape index (κ2) is 4.54. The van der Waals surface area contributed by atoms with Crippen LogP contribution in [0.15, 0.2) is 35.4 Å². The summed E-state index contributed by atoms with van der Waals surface area (Å²) in [5, 5.41) is 0. The number of carbonyl (C=O) groups excluding carboxylic acids is 2. The first-order valence-electron chi connectivity index (χ1n) is 6.77. The monoisotopic (exact) mass is 273 g/mol. The van der Waals surface area contributed by atoms with Crippen molar-refractivity contribution in [2.24, 2.45) is 11.8 Å². The molecule has 3 rings (SSSR count). The number of imide groups is 1. The van der Waals surface area contributed by atoms with Gasteiger partial charge in [-0.1, -0.05) is 11.1 Å². The van der Waals surface area contributed by atoms with E-state index in [0.29, 0.717) is 18.5 Å². The van der Waals surface area contributed by atoms with Crippen molar-refractivity contribution in [2.75, 3.05) is 4.90 Å². The molecular weight excluding hydrogens is 257 g/mol. The summed E-state index contributed by atoms with van der Waals surface area (Å²) >= 11 is 0. The van der Waals surface area contributed by atoms with E-state index in [2.05, 4.69) is 0 Å². The molecule has 4 heteroatoms. The number of halogens is 1. The van der Waals surface area contributed by atoms with Crippen LogP contribution in [-0.2, 0) is 9.59 Å². The Morgan fingerprint density at radius 1 is 0.950 bits per heavy atom. The van der Waals surface area contributed by atoms with E-state index >= 15 is 0 Å². The Bertz CT molecular complexity index is 586. The molecule has 2 aliphatic rings. The van der Waals surface area contributed by atoms with Crippen molar-refractivity contribution in [2.45, 2.75) is 26.7 Å². The highest BCUT2D eigenvalue weighted by atomic mass is 19.1. The predicted molar refractivity (Wildman–Crippen MR) is 73.5 cm³/mol. The Morgan fingerprint density at radius 3 is 1.85 bits per heavy atom. The van der Waals surface area contributed by atoms with Crippen LogP contribution in [0.25, 0.3) is 0 Å². The summed E-state index contributed by atoms with van der Waals surface area (Å²) in [6.45, 7) is 4.04. The fourth-order valence-corrected chi connectivity index (χ4v) is 3.10. The third-order valence-electron chi connectivity index (χ3n) is 4.43. The van der Waals surface area contributed by atoms with Gasteiger partial charge in [0.05, 0.1) is 17.5 Å². The van der Waals surface area contributed by atoms with Crippen LogP contribution in [0, 0.1) is 17.7 Å². The molecule has 2 amide bonds. The fraction of sp³-hybridized carbons (Fsp3) is 0.375. The second-order valence-electron chi connectivity index (χ2n) is 5.67. The zero-order chi connectivity index (χ0) is 14.4. The van der Waals surface area contributed by atoms with E-state index in [1.54, 1.807) is 0 Å². The Morgan fingerprint density at radius 2 is 1.40 bits per heavy atom. The summed E-state index contributed by atoms with van der Waals surface area (Å²) in [7, 11) is 0. The molecule has 0 N–H and O–H groups in total. The number of carbonyl (C=O) groups is 2. The maximum absolute atomic E-state index is 13.0. The average molecular weight is 273 g/mol. The standard InChI is InChI=1S/C16H16FNO2/c1-9-7-13-14(8-10(9)2)16(20)18(15(13)19)12-5-3-11(17)4-6-12/h3-6,13-14H,7-8H2,1-2H3/t13-,14-/m0/s1. The minimum absolute atomic E-state index is 0.154. The summed E-state index contributed by atoms with van der Waals surface area (Å²) in [5.41, 5.74) is 2.87. The molecule has 3 nitrogen and oxygen atoms in total. The highest BCUT2D eigenvalue weighted by molar-refractivity contribution is 6.22. The maximum Gasteiger partial charge on any atom is 0.238 e. The molecule has 1 aromatic rings. The summed E-state index contributed by atoms with van der Waals surface area (Å²) in [6.07, 6.45) is 1.30. The fourth-order valence-electron chi connectivity index (χ4n) is 3.10. The molecule has 1 aliphatic carbocycles. The summed E-state index contributed by atoms with van der Waals surface area (Å²) in [4.78, 5) is 26.2. The average Bonchev–Trinajstić information content (AvgIpc) is 2.65. The van der Waals surface area contributed by atoms with Gasteiger partial charge in [0, 0.05) is 0 Å². The third-order valence-corrected chi connectivity index (χ3v) is 4.43. The number of nitrogens with zero attached hydrogens (tertiary/aromatic N) is 1. The Balaban J connectivity index is 1.95. The van der Waals surface area contributed by atoms with E-state index in [0.717, 1.165) is 0 Å². The highest BCUT2D eigenvalue weighted by Gasteiger charge is 2.49. The predicted octanol–water partition coefficient (Wildman–Crippen LogP) is 3.06. The van der Waals surface area contributed by atoms with Gasteiger partial charge >= 0.3 is 0 Å². The molecule has 0 saturated carbocycles. The molecule has 0 bridgehead atoms. The van der Waals surface area contributed by atoms with Gasteiger partial charge in [-0.15, -0.1) is 0 Å². The second-order valence-corrected chi connectivity index (χ2v) is 5.67. The Kier molecular flexibility index (Phi) is 2.96. The SMILES string of the molecule is CC1=C(C)C[C@@H]2C(=O)N(c3ccc(F)cc3)C(=O)[C@H]2C1. The van der Waals surface area contributed by atoms with Crippen molar-refractivity contribution in [1.82, 2.24) is 0 Å². The molecule has 2 atom stereocenters. The van der Waals surface area contributed by atoms with Crippen LogP contribution in [0.2, 0.25) is 0 Å². The normalized spacial score (nSPS) is 26.2. The van der Waals surface area contributed by atoms with Gasteiger partial charge in [0.25, 0.3) is 0 Å². The lowest BCUT2D eigenvalue weighted by Gasteiger charge is -2.23. The van der Waals surface area contributed by atoms with Crippen molar-refractivity contribution in [3.8, 4) is 0 Å². The smallest absolute Gasteiger partial charge is 0.238 e. The van der Waals surface area contributed by atoms with Gasteiger partial charge in [-0.2, -0.15) is 0 Å². The maximum atomic E-state index is 13.0. The quantitative estimate of drug-likeness (QED) is 0.582. The lowest BCUT2D eigenvalue weighted by Crippen LogP contribution is -2.30. The molecule has 0 spiro atoms. The first-order chi connectivity index (χ1) is 9.49. The number of fused-ring (bicyclic) bond motifs is 1. The Hall–Kier alpha value is -1.97. The van der Waals surface area contributed by atoms with Gasteiger partial charge in [-0.05, 0) is 51.0 Å². The number of hydrogen-bond acceptors (Lipinski definition) is 2. The number of hydrogen-bond donors (Lipinski definition) is 0. The third kappa shape index (κ3) is 1.87. The number of allylic oxidation sites excluding steroid dienone is 2. The number of anilines is 1. The minimum atomic E-state index is -0.376. The topological polar surface area (TPSA) is 37.4 Å². The van der Waals surface area contributed by atoms with Crippen molar-refractivity contribution < 1.29 is 14.0 Å². The largest absolute Gasteiger partial charge is 0.274 e. The molecule has 1 aromatic carbocycles. The van der Waals surface area contributed by atoms with Crippen LogP contribution in [0.4, 0.5) is 10.1 Å². The van der Waals surface area contributed by atoms with Crippen molar-refractivity contribution in [3.63, 3.8) is 0 Å². The molecule has 1 saturated heterocycles. The number of rotatable bonds is 1. The van der Waals surface area contributed by atoms with Crippen LogP contribution in [-0.4, -0.2) is 11.8 Å². The minimum Gasteiger partial charge on any atom is -0.274 e. The molecule has 1 heterocycles. The summed E-state index contributed by atoms with van der Waals surface area (Å²) < 4.78 is 13.0. The summed E-state index contributed by atoms with van der Waals surface area (Å²) in [6, 6.07) is 5.50. The van der Waals surface area contributed by atoms with Crippen LogP contribution >= 0.6 is 0 Å². The molecule has 104 valence electrons. The summed E-state index contributed by atoms with van der Waals surface area (Å²) in [5.74, 6) is -1.19. The van der Waals surface area contributed by atoms with E-state index in [1.807, 2.05) is 13.8 Å². The van der Waals surface area contributed by atoms with E-state index in [1.165, 1.54) is 40.3 Å². The van der Waals surface area contributed by atoms with Gasteiger partial charge in [-0.25, -0.2) is 4.39 Å². The first-order valence-corrected chi connectivity index (χ1v) is 6.77. The van der Waals surface area contributed by atoms with Crippen molar-refractivity contribution in [3.05, 3.63) is 41.2 Å². The highest BCUT2D eigenvalue weighted by Crippen LogP contribution is 2.42. The van der Waals surface area contributed by atoms with Crippen molar-refractivity contribution >= 4 is 17.5 Å². The van der Waals surface area contributed by atoms with E-state index in [9.17, 15) is 14.0 Å². The van der Waals surface area contributed by atoms with Gasteiger partial charge in [0.1, 0.15) is 5.82 Å². The van der Waals surface area contributed by atoms with Gasteiger partial charge < -0.3 is 0 Å².